The highest BCUT2D eigenvalue weighted by Gasteiger charge is 2.17. The molecule has 0 radical (unpaired) electrons. The summed E-state index contributed by atoms with van der Waals surface area (Å²) in [5, 5.41) is 7.27. The third kappa shape index (κ3) is 3.93. The van der Waals surface area contributed by atoms with Gasteiger partial charge in [-0.05, 0) is 30.5 Å². The van der Waals surface area contributed by atoms with Crippen LogP contribution in [0.2, 0.25) is 10.0 Å². The molecule has 3 aromatic rings. The summed E-state index contributed by atoms with van der Waals surface area (Å²) in [6.45, 7) is 4.38. The van der Waals surface area contributed by atoms with E-state index in [1.54, 1.807) is 6.07 Å². The lowest BCUT2D eigenvalue weighted by molar-refractivity contribution is 0.760. The van der Waals surface area contributed by atoms with E-state index in [-0.39, 0.29) is 12.4 Å². The normalized spacial score (nSPS) is 11.7. The number of nitrogens with zero attached hydrogens (tertiary/aromatic N) is 2. The summed E-state index contributed by atoms with van der Waals surface area (Å²) in [5.41, 5.74) is 5.52. The molecule has 0 aliphatic rings. The highest BCUT2D eigenvalue weighted by molar-refractivity contribution is 6.36. The van der Waals surface area contributed by atoms with Crippen LogP contribution >= 0.6 is 35.6 Å². The number of allylic oxidation sites excluding steroid dienone is 2. The summed E-state index contributed by atoms with van der Waals surface area (Å²) in [7, 11) is 2.02. The SMILES string of the molecule is CC/C=C(/CCC)c1c2cccc(-c3ccc(Cl)cc3Cl)c2nn1C.Cl. The first-order valence-corrected chi connectivity index (χ1v) is 9.43. The number of hydrogen-bond acceptors (Lipinski definition) is 1. The summed E-state index contributed by atoms with van der Waals surface area (Å²) in [6, 6.07) is 11.9. The molecule has 0 saturated carbocycles. The Balaban J connectivity index is 0.00000243. The van der Waals surface area contributed by atoms with Crippen LogP contribution in [0, 0.1) is 0 Å². The second-order valence-electron chi connectivity index (χ2n) is 6.19. The summed E-state index contributed by atoms with van der Waals surface area (Å²) in [4.78, 5) is 0. The van der Waals surface area contributed by atoms with E-state index in [2.05, 4.69) is 38.1 Å². The summed E-state index contributed by atoms with van der Waals surface area (Å²) in [6.07, 6.45) is 5.49. The minimum atomic E-state index is 0. The van der Waals surface area contributed by atoms with Crippen LogP contribution in [0.25, 0.3) is 27.6 Å². The van der Waals surface area contributed by atoms with Crippen molar-refractivity contribution < 1.29 is 0 Å². The van der Waals surface area contributed by atoms with Crippen molar-refractivity contribution in [1.82, 2.24) is 9.78 Å². The monoisotopic (exact) mass is 408 g/mol. The van der Waals surface area contributed by atoms with Crippen molar-refractivity contribution in [2.24, 2.45) is 7.05 Å². The van der Waals surface area contributed by atoms with Gasteiger partial charge in [0.05, 0.1) is 5.69 Å². The van der Waals surface area contributed by atoms with Gasteiger partial charge in [-0.3, -0.25) is 4.68 Å². The van der Waals surface area contributed by atoms with Crippen LogP contribution in [-0.4, -0.2) is 9.78 Å². The molecule has 0 N–H and O–H groups in total. The number of rotatable bonds is 5. The molecule has 0 bridgehead atoms. The zero-order valence-corrected chi connectivity index (χ0v) is 17.5. The van der Waals surface area contributed by atoms with Crippen molar-refractivity contribution in [3.05, 3.63) is 58.2 Å². The second kappa shape index (κ2) is 8.94. The average molecular weight is 410 g/mol. The first-order valence-electron chi connectivity index (χ1n) is 8.67. The maximum atomic E-state index is 6.44. The van der Waals surface area contributed by atoms with E-state index in [0.29, 0.717) is 10.0 Å². The van der Waals surface area contributed by atoms with Gasteiger partial charge in [-0.2, -0.15) is 5.10 Å². The van der Waals surface area contributed by atoms with Crippen molar-refractivity contribution in [3.63, 3.8) is 0 Å². The predicted octanol–water partition coefficient (Wildman–Crippen LogP) is 7.56. The molecule has 26 heavy (non-hydrogen) atoms. The Morgan fingerprint density at radius 3 is 2.54 bits per heavy atom. The van der Waals surface area contributed by atoms with Crippen LogP contribution in [0.15, 0.2) is 42.5 Å². The zero-order valence-electron chi connectivity index (χ0n) is 15.2. The Bertz CT molecular complexity index is 942. The van der Waals surface area contributed by atoms with E-state index in [1.807, 2.05) is 23.9 Å². The highest BCUT2D eigenvalue weighted by atomic mass is 35.5. The quantitative estimate of drug-likeness (QED) is 0.425. The van der Waals surface area contributed by atoms with Crippen LogP contribution in [0.1, 0.15) is 38.8 Å². The number of aryl methyl sites for hydroxylation is 1. The molecule has 138 valence electrons. The molecule has 0 aliphatic carbocycles. The van der Waals surface area contributed by atoms with E-state index >= 15 is 0 Å². The number of benzene rings is 2. The Hall–Kier alpha value is -1.48. The summed E-state index contributed by atoms with van der Waals surface area (Å²) >= 11 is 12.5. The van der Waals surface area contributed by atoms with Crippen LogP contribution in [0.3, 0.4) is 0 Å². The van der Waals surface area contributed by atoms with Gasteiger partial charge >= 0.3 is 0 Å². The summed E-state index contributed by atoms with van der Waals surface area (Å²) < 4.78 is 2.00. The molecule has 0 atom stereocenters. The Morgan fingerprint density at radius 1 is 1.12 bits per heavy atom. The molecular formula is C21H23Cl3N2. The third-order valence-electron chi connectivity index (χ3n) is 4.36. The second-order valence-corrected chi connectivity index (χ2v) is 7.03. The van der Waals surface area contributed by atoms with Crippen molar-refractivity contribution in [3.8, 4) is 11.1 Å². The molecule has 3 rings (SSSR count). The van der Waals surface area contributed by atoms with E-state index in [9.17, 15) is 0 Å². The fourth-order valence-corrected chi connectivity index (χ4v) is 3.87. The molecule has 0 spiro atoms. The standard InChI is InChI=1S/C21H22Cl2N2.ClH/c1-4-7-14(8-5-2)21-18-10-6-9-17(20(18)24-25(21)3)16-12-11-15(22)13-19(16)23;/h6-7,9-13H,4-5,8H2,1-3H3;1H/b14-7-;. The molecule has 2 nitrogen and oxygen atoms in total. The van der Waals surface area contributed by atoms with E-state index in [4.69, 9.17) is 28.3 Å². The van der Waals surface area contributed by atoms with Gasteiger partial charge in [-0.25, -0.2) is 0 Å². The largest absolute Gasteiger partial charge is 0.267 e. The van der Waals surface area contributed by atoms with Gasteiger partial charge < -0.3 is 0 Å². The first-order chi connectivity index (χ1) is 12.1. The molecule has 0 saturated heterocycles. The van der Waals surface area contributed by atoms with Gasteiger partial charge in [0.1, 0.15) is 5.52 Å². The molecule has 0 aliphatic heterocycles. The van der Waals surface area contributed by atoms with E-state index in [1.165, 1.54) is 16.7 Å². The molecule has 0 fully saturated rings. The van der Waals surface area contributed by atoms with Gasteiger partial charge in [0.15, 0.2) is 0 Å². The highest BCUT2D eigenvalue weighted by Crippen LogP contribution is 2.37. The number of hydrogen-bond donors (Lipinski definition) is 0. The molecule has 2 aromatic carbocycles. The lowest BCUT2D eigenvalue weighted by Crippen LogP contribution is -1.98. The smallest absolute Gasteiger partial charge is 0.101 e. The maximum absolute atomic E-state index is 6.44. The molecule has 0 unspecified atom stereocenters. The predicted molar refractivity (Wildman–Crippen MR) is 117 cm³/mol. The van der Waals surface area contributed by atoms with E-state index < -0.39 is 0 Å². The molecule has 1 heterocycles. The van der Waals surface area contributed by atoms with Crippen molar-refractivity contribution in [2.45, 2.75) is 33.1 Å². The van der Waals surface area contributed by atoms with Crippen LogP contribution < -0.4 is 0 Å². The third-order valence-corrected chi connectivity index (χ3v) is 4.91. The number of aromatic nitrogens is 2. The minimum Gasteiger partial charge on any atom is -0.267 e. The van der Waals surface area contributed by atoms with Crippen molar-refractivity contribution >= 4 is 52.1 Å². The van der Waals surface area contributed by atoms with Crippen molar-refractivity contribution in [1.29, 1.82) is 0 Å². The van der Waals surface area contributed by atoms with Crippen LogP contribution in [0.4, 0.5) is 0 Å². The van der Waals surface area contributed by atoms with Crippen LogP contribution in [0.5, 0.6) is 0 Å². The fraction of sp³-hybridized carbons (Fsp3) is 0.286. The fourth-order valence-electron chi connectivity index (χ4n) is 3.36. The Kier molecular flexibility index (Phi) is 7.16. The lowest BCUT2D eigenvalue weighted by Gasteiger charge is -2.08. The van der Waals surface area contributed by atoms with Gasteiger partial charge in [0.25, 0.3) is 0 Å². The molecular weight excluding hydrogens is 387 g/mol. The molecule has 0 amide bonds. The first kappa shape index (κ1) is 20.8. The number of fused-ring (bicyclic) bond motifs is 1. The molecule has 1 aromatic heterocycles. The van der Waals surface area contributed by atoms with Crippen molar-refractivity contribution in [2.75, 3.05) is 0 Å². The topological polar surface area (TPSA) is 17.8 Å². The van der Waals surface area contributed by atoms with Gasteiger partial charge in [-0.15, -0.1) is 12.4 Å². The van der Waals surface area contributed by atoms with Gasteiger partial charge in [0.2, 0.25) is 0 Å². The minimum absolute atomic E-state index is 0. The van der Waals surface area contributed by atoms with E-state index in [0.717, 1.165) is 35.9 Å². The van der Waals surface area contributed by atoms with Gasteiger partial charge in [0, 0.05) is 33.6 Å². The Morgan fingerprint density at radius 2 is 1.88 bits per heavy atom. The lowest BCUT2D eigenvalue weighted by atomic mass is 9.98. The maximum Gasteiger partial charge on any atom is 0.101 e. The molecule has 5 heteroatoms. The van der Waals surface area contributed by atoms with Crippen LogP contribution in [-0.2, 0) is 7.05 Å². The Labute approximate surface area is 171 Å². The zero-order chi connectivity index (χ0) is 18.0. The summed E-state index contributed by atoms with van der Waals surface area (Å²) in [5.74, 6) is 0. The number of halogens is 3. The van der Waals surface area contributed by atoms with Gasteiger partial charge in [-0.1, -0.05) is 73.8 Å². The average Bonchev–Trinajstić information content (AvgIpc) is 2.91.